The van der Waals surface area contributed by atoms with Crippen molar-refractivity contribution in [1.29, 1.82) is 0 Å². The first-order chi connectivity index (χ1) is 12.3. The number of aliphatic hydroxyl groups excluding tert-OH is 1. The van der Waals surface area contributed by atoms with E-state index >= 15 is 0 Å². The Morgan fingerprint density at radius 3 is 2.65 bits per heavy atom. The number of rotatable bonds is 5. The zero-order chi connectivity index (χ0) is 18.9. The predicted octanol–water partition coefficient (Wildman–Crippen LogP) is 2.76. The SMILES string of the molecule is CN(CC(O)c1ccc(F)cc1)S(=O)(=O)c1csc2c1CCC/C2=N/O. The summed E-state index contributed by atoms with van der Waals surface area (Å²) >= 11 is 1.25. The van der Waals surface area contributed by atoms with Crippen LogP contribution in [0.1, 0.15) is 34.9 Å². The highest BCUT2D eigenvalue weighted by Gasteiger charge is 2.31. The summed E-state index contributed by atoms with van der Waals surface area (Å²) in [5.74, 6) is -0.423. The molecule has 0 amide bonds. The van der Waals surface area contributed by atoms with Gasteiger partial charge in [-0.05, 0) is 42.5 Å². The van der Waals surface area contributed by atoms with Gasteiger partial charge in [0.05, 0.1) is 21.6 Å². The zero-order valence-electron chi connectivity index (χ0n) is 14.1. The van der Waals surface area contributed by atoms with Crippen LogP contribution in [0.15, 0.2) is 39.7 Å². The molecule has 140 valence electrons. The fraction of sp³-hybridized carbons (Fsp3) is 0.353. The average molecular weight is 398 g/mol. The molecular formula is C17H19FN2O4S2. The highest BCUT2D eigenvalue weighted by atomic mass is 32.2. The number of halogens is 1. The van der Waals surface area contributed by atoms with Gasteiger partial charge in [-0.3, -0.25) is 0 Å². The molecule has 0 bridgehead atoms. The fourth-order valence-corrected chi connectivity index (χ4v) is 5.89. The maximum atomic E-state index is 13.0. The lowest BCUT2D eigenvalue weighted by atomic mass is 9.98. The lowest BCUT2D eigenvalue weighted by Gasteiger charge is -2.22. The number of thiophene rings is 1. The Morgan fingerprint density at radius 2 is 2.00 bits per heavy atom. The van der Waals surface area contributed by atoms with Crippen LogP contribution < -0.4 is 0 Å². The Morgan fingerprint density at radius 1 is 1.31 bits per heavy atom. The van der Waals surface area contributed by atoms with Gasteiger partial charge in [-0.2, -0.15) is 4.31 Å². The van der Waals surface area contributed by atoms with E-state index in [4.69, 9.17) is 5.21 Å². The second-order valence-corrected chi connectivity index (χ2v) is 9.05. The molecule has 2 aromatic rings. The number of benzene rings is 1. The van der Waals surface area contributed by atoms with Gasteiger partial charge in [-0.1, -0.05) is 17.3 Å². The topological polar surface area (TPSA) is 90.2 Å². The van der Waals surface area contributed by atoms with E-state index in [-0.39, 0.29) is 11.4 Å². The molecule has 26 heavy (non-hydrogen) atoms. The van der Waals surface area contributed by atoms with E-state index in [0.717, 1.165) is 4.31 Å². The van der Waals surface area contributed by atoms with Crippen LogP contribution in [0.2, 0.25) is 0 Å². The molecule has 1 atom stereocenters. The first-order valence-electron chi connectivity index (χ1n) is 8.06. The minimum Gasteiger partial charge on any atom is -0.411 e. The summed E-state index contributed by atoms with van der Waals surface area (Å²) < 4.78 is 40.0. The van der Waals surface area contributed by atoms with Crippen molar-refractivity contribution in [2.24, 2.45) is 5.16 Å². The molecule has 1 aromatic heterocycles. The lowest BCUT2D eigenvalue weighted by molar-refractivity contribution is 0.155. The van der Waals surface area contributed by atoms with Crippen LogP contribution >= 0.6 is 11.3 Å². The van der Waals surface area contributed by atoms with Gasteiger partial charge in [0.1, 0.15) is 5.82 Å². The molecule has 1 heterocycles. The summed E-state index contributed by atoms with van der Waals surface area (Å²) in [4.78, 5) is 0.886. The molecule has 0 spiro atoms. The molecule has 0 saturated heterocycles. The molecule has 0 saturated carbocycles. The quantitative estimate of drug-likeness (QED) is 0.599. The molecule has 0 radical (unpaired) electrons. The largest absolute Gasteiger partial charge is 0.411 e. The van der Waals surface area contributed by atoms with Crippen LogP contribution in [0.25, 0.3) is 0 Å². The molecule has 9 heteroatoms. The second-order valence-electron chi connectivity index (χ2n) is 6.16. The lowest BCUT2D eigenvalue weighted by Crippen LogP contribution is -2.31. The van der Waals surface area contributed by atoms with Gasteiger partial charge < -0.3 is 10.3 Å². The standard InChI is InChI=1S/C17H19FN2O4S2/c1-20(9-15(21)11-5-7-12(18)8-6-11)26(23,24)16-10-25-17-13(16)3-2-4-14(17)19-22/h5-8,10,15,21-22H,2-4,9H2,1H3/b19-14-. The Bertz CT molecular complexity index is 923. The smallest absolute Gasteiger partial charge is 0.244 e. The first kappa shape index (κ1) is 19.0. The molecule has 2 N–H and O–H groups in total. The predicted molar refractivity (Wildman–Crippen MR) is 96.8 cm³/mol. The molecule has 1 aromatic carbocycles. The van der Waals surface area contributed by atoms with Crippen LogP contribution in [0.4, 0.5) is 4.39 Å². The van der Waals surface area contributed by atoms with E-state index in [1.807, 2.05) is 0 Å². The normalized spacial score (nSPS) is 17.5. The van der Waals surface area contributed by atoms with Gasteiger partial charge in [0, 0.05) is 19.0 Å². The van der Waals surface area contributed by atoms with Crippen molar-refractivity contribution < 1.29 is 23.1 Å². The second kappa shape index (κ2) is 7.43. The van der Waals surface area contributed by atoms with Gasteiger partial charge in [0.25, 0.3) is 0 Å². The van der Waals surface area contributed by atoms with E-state index in [1.165, 1.54) is 42.6 Å². The molecule has 1 aliphatic carbocycles. The average Bonchev–Trinajstić information content (AvgIpc) is 3.07. The summed E-state index contributed by atoms with van der Waals surface area (Å²) in [5.41, 5.74) is 1.61. The van der Waals surface area contributed by atoms with Gasteiger partial charge in [-0.15, -0.1) is 11.3 Å². The van der Waals surface area contributed by atoms with E-state index < -0.39 is 21.9 Å². The Kier molecular flexibility index (Phi) is 5.42. The fourth-order valence-electron chi connectivity index (χ4n) is 3.00. The maximum absolute atomic E-state index is 13.0. The number of hydrogen-bond donors (Lipinski definition) is 2. The van der Waals surface area contributed by atoms with Crippen molar-refractivity contribution in [2.75, 3.05) is 13.6 Å². The minimum absolute atomic E-state index is 0.153. The third-order valence-electron chi connectivity index (χ3n) is 4.45. The maximum Gasteiger partial charge on any atom is 0.244 e. The molecular weight excluding hydrogens is 379 g/mol. The van der Waals surface area contributed by atoms with Crippen molar-refractivity contribution in [3.05, 3.63) is 51.5 Å². The van der Waals surface area contributed by atoms with Crippen LogP contribution in [0.3, 0.4) is 0 Å². The monoisotopic (exact) mass is 398 g/mol. The summed E-state index contributed by atoms with van der Waals surface area (Å²) in [6.45, 7) is -0.153. The van der Waals surface area contributed by atoms with E-state index in [2.05, 4.69) is 5.16 Å². The van der Waals surface area contributed by atoms with Gasteiger partial charge in [0.15, 0.2) is 0 Å². The third kappa shape index (κ3) is 3.52. The molecule has 0 fully saturated rings. The van der Waals surface area contributed by atoms with Crippen molar-refractivity contribution in [3.8, 4) is 0 Å². The zero-order valence-corrected chi connectivity index (χ0v) is 15.7. The highest BCUT2D eigenvalue weighted by Crippen LogP contribution is 2.34. The number of sulfonamides is 1. The molecule has 0 aliphatic heterocycles. The number of nitrogens with zero attached hydrogens (tertiary/aromatic N) is 2. The number of oxime groups is 1. The number of hydrogen-bond acceptors (Lipinski definition) is 6. The van der Waals surface area contributed by atoms with E-state index in [1.54, 1.807) is 5.38 Å². The van der Waals surface area contributed by atoms with E-state index in [0.29, 0.717) is 41.0 Å². The number of likely N-dealkylation sites (N-methyl/N-ethyl adjacent to an activating group) is 1. The molecule has 3 rings (SSSR count). The summed E-state index contributed by atoms with van der Waals surface area (Å²) in [5, 5.41) is 24.2. The van der Waals surface area contributed by atoms with Gasteiger partial charge in [-0.25, -0.2) is 12.8 Å². The van der Waals surface area contributed by atoms with Gasteiger partial charge in [0.2, 0.25) is 10.0 Å². The van der Waals surface area contributed by atoms with Crippen LogP contribution in [-0.4, -0.2) is 42.3 Å². The highest BCUT2D eigenvalue weighted by molar-refractivity contribution is 7.89. The Hall–Kier alpha value is -1.81. The summed E-state index contributed by atoms with van der Waals surface area (Å²) in [7, 11) is -2.41. The van der Waals surface area contributed by atoms with Crippen LogP contribution in [0, 0.1) is 5.82 Å². The number of aliphatic hydroxyl groups is 1. The summed E-state index contributed by atoms with van der Waals surface area (Å²) in [6.07, 6.45) is 0.858. The Labute approximate surface area is 155 Å². The van der Waals surface area contributed by atoms with Crippen molar-refractivity contribution in [2.45, 2.75) is 30.3 Å². The molecule has 6 nitrogen and oxygen atoms in total. The first-order valence-corrected chi connectivity index (χ1v) is 10.4. The summed E-state index contributed by atoms with van der Waals surface area (Å²) in [6, 6.07) is 5.30. The van der Waals surface area contributed by atoms with Crippen LogP contribution in [-0.2, 0) is 16.4 Å². The molecule has 1 unspecified atom stereocenters. The van der Waals surface area contributed by atoms with Crippen molar-refractivity contribution >= 4 is 27.1 Å². The third-order valence-corrected chi connectivity index (χ3v) is 7.56. The Balaban J connectivity index is 1.84. The minimum atomic E-state index is -3.81. The van der Waals surface area contributed by atoms with Gasteiger partial charge >= 0.3 is 0 Å². The van der Waals surface area contributed by atoms with Crippen molar-refractivity contribution in [3.63, 3.8) is 0 Å². The number of fused-ring (bicyclic) bond motifs is 1. The van der Waals surface area contributed by atoms with Crippen LogP contribution in [0.5, 0.6) is 0 Å². The van der Waals surface area contributed by atoms with Crippen molar-refractivity contribution in [1.82, 2.24) is 4.31 Å². The molecule has 1 aliphatic rings. The van der Waals surface area contributed by atoms with E-state index in [9.17, 15) is 17.9 Å².